The maximum absolute atomic E-state index is 13.4. The van der Waals surface area contributed by atoms with E-state index in [1.165, 1.54) is 4.88 Å². The number of hydrogen-bond acceptors (Lipinski definition) is 4. The summed E-state index contributed by atoms with van der Waals surface area (Å²) < 4.78 is 0. The lowest BCUT2D eigenvalue weighted by molar-refractivity contribution is -0.132. The number of carbonyl (C=O) groups is 2. The molecule has 6 nitrogen and oxygen atoms in total. The lowest BCUT2D eigenvalue weighted by Gasteiger charge is -2.29. The van der Waals surface area contributed by atoms with Crippen molar-refractivity contribution in [2.75, 3.05) is 17.2 Å². The third-order valence-electron chi connectivity index (χ3n) is 6.39. The number of hydrogen-bond donors (Lipinski definition) is 2. The largest absolute Gasteiger partial charge is 0.333 e. The van der Waals surface area contributed by atoms with Crippen LogP contribution in [-0.4, -0.2) is 28.4 Å². The fourth-order valence-electron chi connectivity index (χ4n) is 4.48. The number of thiazole rings is 1. The van der Waals surface area contributed by atoms with Gasteiger partial charge in [0.15, 0.2) is 0 Å². The lowest BCUT2D eigenvalue weighted by Crippen LogP contribution is -2.35. The van der Waals surface area contributed by atoms with Crippen molar-refractivity contribution < 1.29 is 9.59 Å². The zero-order valence-corrected chi connectivity index (χ0v) is 21.4. The van der Waals surface area contributed by atoms with E-state index in [-0.39, 0.29) is 18.0 Å². The molecule has 1 atom stereocenters. The Kier molecular flexibility index (Phi) is 8.53. The number of likely N-dealkylation sites (tertiary alicyclic amines) is 1. The van der Waals surface area contributed by atoms with E-state index in [1.54, 1.807) is 11.3 Å². The lowest BCUT2D eigenvalue weighted by atomic mass is 10.1. The van der Waals surface area contributed by atoms with Crippen LogP contribution in [0, 0.1) is 6.92 Å². The van der Waals surface area contributed by atoms with Gasteiger partial charge in [-0.2, -0.15) is 0 Å². The number of nitrogens with one attached hydrogen (secondary N) is 2. The minimum Gasteiger partial charge on any atom is -0.333 e. The van der Waals surface area contributed by atoms with Crippen molar-refractivity contribution in [3.63, 3.8) is 0 Å². The van der Waals surface area contributed by atoms with Gasteiger partial charge >= 0.3 is 6.03 Å². The van der Waals surface area contributed by atoms with E-state index >= 15 is 0 Å². The third-order valence-corrected chi connectivity index (χ3v) is 7.54. The summed E-state index contributed by atoms with van der Waals surface area (Å²) in [4.78, 5) is 33.8. The summed E-state index contributed by atoms with van der Waals surface area (Å²) in [5.41, 5.74) is 3.41. The summed E-state index contributed by atoms with van der Waals surface area (Å²) in [5.74, 6) is 0.141. The molecule has 4 rings (SSSR count). The Morgan fingerprint density at radius 1 is 1.06 bits per heavy atom. The van der Waals surface area contributed by atoms with Crippen LogP contribution in [0.15, 0.2) is 54.7 Å². The highest BCUT2D eigenvalue weighted by molar-refractivity contribution is 7.11. The summed E-state index contributed by atoms with van der Waals surface area (Å²) in [7, 11) is 0. The number of anilines is 2. The average molecular weight is 491 g/mol. The van der Waals surface area contributed by atoms with Crippen LogP contribution in [0.1, 0.15) is 66.1 Å². The molecule has 1 unspecified atom stereocenters. The van der Waals surface area contributed by atoms with Crippen molar-refractivity contribution in [2.24, 2.45) is 0 Å². The van der Waals surface area contributed by atoms with Crippen molar-refractivity contribution in [3.8, 4) is 0 Å². The maximum Gasteiger partial charge on any atom is 0.323 e. The van der Waals surface area contributed by atoms with Gasteiger partial charge in [0.25, 0.3) is 0 Å². The van der Waals surface area contributed by atoms with E-state index in [0.717, 1.165) is 66.9 Å². The molecular formula is C28H34N4O2S. The van der Waals surface area contributed by atoms with Gasteiger partial charge in [0, 0.05) is 29.0 Å². The van der Waals surface area contributed by atoms with Crippen LogP contribution in [0.2, 0.25) is 0 Å². The van der Waals surface area contributed by atoms with Gasteiger partial charge in [-0.15, -0.1) is 11.3 Å². The first kappa shape index (κ1) is 24.9. The van der Waals surface area contributed by atoms with Crippen LogP contribution in [0.5, 0.6) is 0 Å². The maximum atomic E-state index is 13.4. The molecule has 1 aliphatic heterocycles. The van der Waals surface area contributed by atoms with Crippen molar-refractivity contribution in [2.45, 2.75) is 64.8 Å². The fraction of sp³-hybridized carbons (Fsp3) is 0.393. The molecule has 0 radical (unpaired) electrons. The number of rotatable bonds is 7. The zero-order chi connectivity index (χ0) is 24.6. The highest BCUT2D eigenvalue weighted by Gasteiger charge is 2.29. The average Bonchev–Trinajstić information content (AvgIpc) is 3.16. The second-order valence-corrected chi connectivity index (χ2v) is 10.3. The molecule has 2 aromatic carbocycles. The zero-order valence-electron chi connectivity index (χ0n) is 20.5. The predicted octanol–water partition coefficient (Wildman–Crippen LogP) is 6.73. The molecule has 2 N–H and O–H groups in total. The molecule has 7 heteroatoms. The summed E-state index contributed by atoms with van der Waals surface area (Å²) in [5, 5.41) is 6.80. The summed E-state index contributed by atoms with van der Waals surface area (Å²) in [6.45, 7) is 4.91. The normalized spacial score (nSPS) is 15.9. The molecule has 0 saturated carbocycles. The van der Waals surface area contributed by atoms with Gasteiger partial charge in [0.05, 0.1) is 12.5 Å². The standard InChI is InChI=1S/C28H34N4O2S/c1-3-9-23-19-29-27(35-23)25-12-5-4-8-17-32(25)26(33)18-21-13-15-22(16-14-21)30-28(34)31-24-11-7-6-10-20(24)2/h6-7,10-11,13-16,19,25H,3-5,8-9,12,17-18H2,1-2H3,(H2,30,31,34). The van der Waals surface area contributed by atoms with Crippen LogP contribution in [-0.2, 0) is 17.6 Å². The third kappa shape index (κ3) is 6.69. The second kappa shape index (κ2) is 12.0. The van der Waals surface area contributed by atoms with Crippen molar-refractivity contribution in [1.29, 1.82) is 0 Å². The van der Waals surface area contributed by atoms with E-state index in [9.17, 15) is 9.59 Å². The number of nitrogens with zero attached hydrogens (tertiary/aromatic N) is 2. The van der Waals surface area contributed by atoms with Crippen LogP contribution in [0.3, 0.4) is 0 Å². The molecule has 1 fully saturated rings. The number of benzene rings is 2. The Balaban J connectivity index is 1.38. The minimum atomic E-state index is -0.290. The first-order chi connectivity index (χ1) is 17.0. The topological polar surface area (TPSA) is 74.3 Å². The summed E-state index contributed by atoms with van der Waals surface area (Å²) in [6.07, 6.45) is 8.77. The Hall–Kier alpha value is -3.19. The highest BCUT2D eigenvalue weighted by atomic mass is 32.1. The van der Waals surface area contributed by atoms with Gasteiger partial charge in [0.1, 0.15) is 5.01 Å². The van der Waals surface area contributed by atoms with Crippen LogP contribution in [0.25, 0.3) is 0 Å². The number of aryl methyl sites for hydroxylation is 2. The monoisotopic (exact) mass is 490 g/mol. The van der Waals surface area contributed by atoms with Gasteiger partial charge in [-0.25, -0.2) is 9.78 Å². The number of para-hydroxylation sites is 1. The molecule has 0 aliphatic carbocycles. The molecule has 2 heterocycles. The molecule has 3 aromatic rings. The van der Waals surface area contributed by atoms with Crippen LogP contribution in [0.4, 0.5) is 16.2 Å². The van der Waals surface area contributed by atoms with Gasteiger partial charge in [-0.1, -0.05) is 56.5 Å². The number of carbonyl (C=O) groups excluding carboxylic acids is 2. The van der Waals surface area contributed by atoms with Gasteiger partial charge in [0.2, 0.25) is 5.91 Å². The highest BCUT2D eigenvalue weighted by Crippen LogP contribution is 2.33. The van der Waals surface area contributed by atoms with Gasteiger partial charge in [-0.05, 0) is 55.5 Å². The number of amides is 3. The fourth-order valence-corrected chi connectivity index (χ4v) is 5.65. The van der Waals surface area contributed by atoms with E-state index in [0.29, 0.717) is 12.1 Å². The minimum absolute atomic E-state index is 0.0756. The molecule has 1 aromatic heterocycles. The molecule has 1 saturated heterocycles. The predicted molar refractivity (Wildman–Crippen MR) is 143 cm³/mol. The summed E-state index contributed by atoms with van der Waals surface area (Å²) in [6, 6.07) is 15.0. The smallest absolute Gasteiger partial charge is 0.323 e. The Morgan fingerprint density at radius 3 is 2.63 bits per heavy atom. The quantitative estimate of drug-likeness (QED) is 0.385. The number of urea groups is 1. The Bertz CT molecular complexity index is 1140. The number of aromatic nitrogens is 1. The molecule has 0 bridgehead atoms. The first-order valence-corrected chi connectivity index (χ1v) is 13.3. The second-order valence-electron chi connectivity index (χ2n) is 9.13. The van der Waals surface area contributed by atoms with Crippen LogP contribution >= 0.6 is 11.3 Å². The Morgan fingerprint density at radius 2 is 1.86 bits per heavy atom. The van der Waals surface area contributed by atoms with Gasteiger partial charge in [-0.3, -0.25) is 4.79 Å². The van der Waals surface area contributed by atoms with Crippen molar-refractivity contribution >= 4 is 34.6 Å². The van der Waals surface area contributed by atoms with E-state index in [1.807, 2.05) is 66.6 Å². The molecule has 184 valence electrons. The summed E-state index contributed by atoms with van der Waals surface area (Å²) >= 11 is 1.76. The first-order valence-electron chi connectivity index (χ1n) is 12.5. The van der Waals surface area contributed by atoms with Crippen molar-refractivity contribution in [1.82, 2.24) is 9.88 Å². The Labute approximate surface area is 211 Å². The van der Waals surface area contributed by atoms with Crippen LogP contribution < -0.4 is 10.6 Å². The van der Waals surface area contributed by atoms with Crippen molar-refractivity contribution in [3.05, 3.63) is 75.7 Å². The van der Waals surface area contributed by atoms with E-state index < -0.39 is 0 Å². The molecule has 1 aliphatic rings. The van der Waals surface area contributed by atoms with E-state index in [2.05, 4.69) is 17.6 Å². The van der Waals surface area contributed by atoms with E-state index in [4.69, 9.17) is 4.98 Å². The van der Waals surface area contributed by atoms with Gasteiger partial charge < -0.3 is 15.5 Å². The molecular weight excluding hydrogens is 456 g/mol. The molecule has 0 spiro atoms. The SMILES string of the molecule is CCCc1cnc(C2CCCCCN2C(=O)Cc2ccc(NC(=O)Nc3ccccc3C)cc2)s1. The molecule has 35 heavy (non-hydrogen) atoms. The molecule has 3 amide bonds.